The van der Waals surface area contributed by atoms with E-state index in [1.807, 2.05) is 24.3 Å². The Kier molecular flexibility index (Phi) is 2.29. The zero-order chi connectivity index (χ0) is 10.8. The van der Waals surface area contributed by atoms with Crippen LogP contribution in [0.1, 0.15) is 10.4 Å². The minimum atomic E-state index is -0.529. The van der Waals surface area contributed by atoms with Gasteiger partial charge in [-0.1, -0.05) is 24.3 Å². The summed E-state index contributed by atoms with van der Waals surface area (Å²) in [5, 5.41) is 11.4. The average molecular weight is 202 g/mol. The molecule has 0 amide bonds. The zero-order valence-corrected chi connectivity index (χ0v) is 8.23. The van der Waals surface area contributed by atoms with E-state index < -0.39 is 5.97 Å². The lowest BCUT2D eigenvalue weighted by Crippen LogP contribution is -2.01. The van der Waals surface area contributed by atoms with Crippen LogP contribution in [0.2, 0.25) is 0 Å². The lowest BCUT2D eigenvalue weighted by atomic mass is 10.1. The van der Waals surface area contributed by atoms with Crippen LogP contribution in [0.5, 0.6) is 5.75 Å². The van der Waals surface area contributed by atoms with Crippen LogP contribution in [-0.2, 0) is 4.74 Å². The average Bonchev–Trinajstić information content (AvgIpc) is 2.27. The van der Waals surface area contributed by atoms with Gasteiger partial charge in [0.1, 0.15) is 11.3 Å². The second kappa shape index (κ2) is 3.61. The first-order valence-electron chi connectivity index (χ1n) is 4.52. The molecule has 3 nitrogen and oxygen atoms in total. The van der Waals surface area contributed by atoms with E-state index in [1.165, 1.54) is 7.11 Å². The third kappa shape index (κ3) is 1.64. The maximum absolute atomic E-state index is 11.3. The molecule has 0 spiro atoms. The van der Waals surface area contributed by atoms with E-state index in [0.717, 1.165) is 10.8 Å². The van der Waals surface area contributed by atoms with Crippen molar-refractivity contribution in [3.63, 3.8) is 0 Å². The van der Waals surface area contributed by atoms with E-state index in [1.54, 1.807) is 12.1 Å². The Labute approximate surface area is 86.9 Å². The summed E-state index contributed by atoms with van der Waals surface area (Å²) < 4.78 is 4.57. The number of carbonyl (C=O) groups is 1. The van der Waals surface area contributed by atoms with Crippen molar-refractivity contribution in [1.29, 1.82) is 0 Å². The number of benzene rings is 2. The van der Waals surface area contributed by atoms with Gasteiger partial charge in [-0.2, -0.15) is 0 Å². The molecular formula is C12H10O3. The summed E-state index contributed by atoms with van der Waals surface area (Å²) in [4.78, 5) is 11.3. The molecule has 2 aromatic carbocycles. The fraction of sp³-hybridized carbons (Fsp3) is 0.0833. The quantitative estimate of drug-likeness (QED) is 0.722. The van der Waals surface area contributed by atoms with E-state index in [0.29, 0.717) is 0 Å². The van der Waals surface area contributed by atoms with Crippen LogP contribution in [0, 0.1) is 0 Å². The van der Waals surface area contributed by atoms with Crippen LogP contribution in [0.4, 0.5) is 0 Å². The molecule has 0 aliphatic heterocycles. The van der Waals surface area contributed by atoms with Crippen LogP contribution in [-0.4, -0.2) is 18.2 Å². The topological polar surface area (TPSA) is 46.5 Å². The van der Waals surface area contributed by atoms with E-state index in [4.69, 9.17) is 0 Å². The second-order valence-corrected chi connectivity index (χ2v) is 3.21. The predicted octanol–water partition coefficient (Wildman–Crippen LogP) is 2.33. The van der Waals surface area contributed by atoms with Crippen molar-refractivity contribution in [2.75, 3.05) is 7.11 Å². The molecule has 0 unspecified atom stereocenters. The number of hydrogen-bond donors (Lipinski definition) is 1. The molecular weight excluding hydrogens is 192 g/mol. The lowest BCUT2D eigenvalue weighted by Gasteiger charge is -2.04. The van der Waals surface area contributed by atoms with Gasteiger partial charge in [-0.3, -0.25) is 0 Å². The van der Waals surface area contributed by atoms with Crippen molar-refractivity contribution < 1.29 is 14.6 Å². The van der Waals surface area contributed by atoms with Crippen molar-refractivity contribution >= 4 is 16.7 Å². The number of ether oxygens (including phenoxy) is 1. The first kappa shape index (κ1) is 9.52. The number of hydrogen-bond acceptors (Lipinski definition) is 3. The maximum Gasteiger partial charge on any atom is 0.341 e. The van der Waals surface area contributed by atoms with Gasteiger partial charge in [0.2, 0.25) is 0 Å². The van der Waals surface area contributed by atoms with Crippen LogP contribution in [0.25, 0.3) is 10.8 Å². The van der Waals surface area contributed by atoms with Crippen LogP contribution >= 0.6 is 0 Å². The maximum atomic E-state index is 11.3. The molecule has 0 aromatic heterocycles. The number of aromatic hydroxyl groups is 1. The summed E-state index contributed by atoms with van der Waals surface area (Å²) in [5.74, 6) is -0.584. The highest BCUT2D eigenvalue weighted by atomic mass is 16.5. The SMILES string of the molecule is COC(=O)c1cc2ccccc2cc1O. The first-order chi connectivity index (χ1) is 7.22. The van der Waals surface area contributed by atoms with Crippen molar-refractivity contribution in [1.82, 2.24) is 0 Å². The van der Waals surface area contributed by atoms with Crippen molar-refractivity contribution in [3.05, 3.63) is 42.0 Å². The predicted molar refractivity (Wildman–Crippen MR) is 57.0 cm³/mol. The van der Waals surface area contributed by atoms with Crippen molar-refractivity contribution in [2.24, 2.45) is 0 Å². The van der Waals surface area contributed by atoms with Gasteiger partial charge in [-0.15, -0.1) is 0 Å². The number of fused-ring (bicyclic) bond motifs is 1. The Bertz CT molecular complexity index is 517. The van der Waals surface area contributed by atoms with Gasteiger partial charge < -0.3 is 9.84 Å². The fourth-order valence-electron chi connectivity index (χ4n) is 1.50. The highest BCUT2D eigenvalue weighted by Gasteiger charge is 2.11. The van der Waals surface area contributed by atoms with Gasteiger partial charge in [0, 0.05) is 0 Å². The van der Waals surface area contributed by atoms with Crippen LogP contribution < -0.4 is 0 Å². The number of phenolic OH excluding ortho intramolecular Hbond substituents is 1. The molecule has 15 heavy (non-hydrogen) atoms. The van der Waals surface area contributed by atoms with Crippen LogP contribution in [0.3, 0.4) is 0 Å². The molecule has 3 heteroatoms. The number of esters is 1. The molecule has 1 N–H and O–H groups in total. The molecule has 0 fully saturated rings. The third-order valence-corrected chi connectivity index (χ3v) is 2.27. The minimum absolute atomic E-state index is 0.0550. The Morgan fingerprint density at radius 1 is 1.20 bits per heavy atom. The number of phenols is 1. The van der Waals surface area contributed by atoms with Gasteiger partial charge >= 0.3 is 5.97 Å². The Morgan fingerprint density at radius 3 is 2.40 bits per heavy atom. The van der Waals surface area contributed by atoms with Gasteiger partial charge in [0.25, 0.3) is 0 Å². The normalized spacial score (nSPS) is 10.2. The summed E-state index contributed by atoms with van der Waals surface area (Å²) >= 11 is 0. The molecule has 0 radical (unpaired) electrons. The molecule has 2 rings (SSSR count). The molecule has 0 heterocycles. The molecule has 0 atom stereocenters. The standard InChI is InChI=1S/C12H10O3/c1-15-12(14)10-6-8-4-2-3-5-9(8)7-11(10)13/h2-7,13H,1H3. The third-order valence-electron chi connectivity index (χ3n) is 2.27. The van der Waals surface area contributed by atoms with Crippen molar-refractivity contribution in [3.8, 4) is 5.75 Å². The van der Waals surface area contributed by atoms with Gasteiger partial charge in [-0.05, 0) is 22.9 Å². The first-order valence-corrected chi connectivity index (χ1v) is 4.52. The van der Waals surface area contributed by atoms with Gasteiger partial charge in [0.15, 0.2) is 0 Å². The van der Waals surface area contributed by atoms with Crippen molar-refractivity contribution in [2.45, 2.75) is 0 Å². The van der Waals surface area contributed by atoms with Gasteiger partial charge in [0.05, 0.1) is 7.11 Å². The Morgan fingerprint density at radius 2 is 1.80 bits per heavy atom. The van der Waals surface area contributed by atoms with Gasteiger partial charge in [-0.25, -0.2) is 4.79 Å². The fourth-order valence-corrected chi connectivity index (χ4v) is 1.50. The molecule has 76 valence electrons. The molecule has 0 saturated heterocycles. The summed E-state index contributed by atoms with van der Waals surface area (Å²) in [6, 6.07) is 10.7. The molecule has 0 bridgehead atoms. The highest BCUT2D eigenvalue weighted by Crippen LogP contribution is 2.25. The van der Waals surface area contributed by atoms with E-state index in [-0.39, 0.29) is 11.3 Å². The number of methoxy groups -OCH3 is 1. The number of rotatable bonds is 1. The van der Waals surface area contributed by atoms with E-state index in [9.17, 15) is 9.90 Å². The molecule has 0 aliphatic carbocycles. The Hall–Kier alpha value is -2.03. The smallest absolute Gasteiger partial charge is 0.341 e. The largest absolute Gasteiger partial charge is 0.507 e. The molecule has 0 aliphatic rings. The summed E-state index contributed by atoms with van der Waals surface area (Å²) in [5.41, 5.74) is 0.191. The molecule has 0 saturated carbocycles. The monoisotopic (exact) mass is 202 g/mol. The second-order valence-electron chi connectivity index (χ2n) is 3.21. The zero-order valence-electron chi connectivity index (χ0n) is 8.23. The van der Waals surface area contributed by atoms with Crippen LogP contribution in [0.15, 0.2) is 36.4 Å². The summed E-state index contributed by atoms with van der Waals surface area (Å²) in [6.07, 6.45) is 0. The number of carbonyl (C=O) groups excluding carboxylic acids is 1. The van der Waals surface area contributed by atoms with E-state index >= 15 is 0 Å². The highest BCUT2D eigenvalue weighted by molar-refractivity contribution is 5.98. The molecule has 2 aromatic rings. The minimum Gasteiger partial charge on any atom is -0.507 e. The Balaban J connectivity index is 2.67. The lowest BCUT2D eigenvalue weighted by molar-refractivity contribution is 0.0597. The van der Waals surface area contributed by atoms with E-state index in [2.05, 4.69) is 4.74 Å². The summed E-state index contributed by atoms with van der Waals surface area (Å²) in [6.45, 7) is 0. The summed E-state index contributed by atoms with van der Waals surface area (Å²) in [7, 11) is 1.29.